The molecule has 2 aliphatic rings. The molecule has 0 aromatic heterocycles. The summed E-state index contributed by atoms with van der Waals surface area (Å²) in [6, 6.07) is 21.2. The Morgan fingerprint density at radius 2 is 1.31 bits per heavy atom. The number of carbonyl (C=O) groups is 3. The third-order valence-electron chi connectivity index (χ3n) is 9.06. The number of ether oxygens (including phenoxy) is 1. The van der Waals surface area contributed by atoms with Gasteiger partial charge in [-0.2, -0.15) is 0 Å². The van der Waals surface area contributed by atoms with E-state index in [9.17, 15) is 14.4 Å². The number of anilines is 1. The molecular weight excluding hydrogens is 569 g/mol. The molecule has 2 atom stereocenters. The first-order chi connectivity index (χ1) is 21.2. The van der Waals surface area contributed by atoms with E-state index < -0.39 is 54.4 Å². The highest BCUT2D eigenvalue weighted by molar-refractivity contribution is 6.62. The summed E-state index contributed by atoms with van der Waals surface area (Å²) in [5.74, 6) is -1.09. The Kier molecular flexibility index (Phi) is 8.84. The van der Waals surface area contributed by atoms with Crippen molar-refractivity contribution in [1.29, 1.82) is 0 Å². The Morgan fingerprint density at radius 3 is 1.82 bits per heavy atom. The molecular formula is C35H42BN3O6. The summed E-state index contributed by atoms with van der Waals surface area (Å²) >= 11 is 0. The molecule has 9 nitrogen and oxygen atoms in total. The summed E-state index contributed by atoms with van der Waals surface area (Å²) in [6.07, 6.45) is -1.20. The van der Waals surface area contributed by atoms with Crippen molar-refractivity contribution in [2.45, 2.75) is 77.9 Å². The second kappa shape index (κ2) is 12.3. The number of rotatable bonds is 8. The Morgan fingerprint density at radius 1 is 0.800 bits per heavy atom. The van der Waals surface area contributed by atoms with Gasteiger partial charge in [-0.25, -0.2) is 4.79 Å². The highest BCUT2D eigenvalue weighted by Crippen LogP contribution is 2.45. The number of carbonyl (C=O) groups excluding carboxylic acids is 3. The van der Waals surface area contributed by atoms with Crippen molar-refractivity contribution in [3.05, 3.63) is 83.9 Å². The molecule has 0 spiro atoms. The molecule has 0 bridgehead atoms. The number of hydrogen-bond acceptors (Lipinski definition) is 6. The van der Waals surface area contributed by atoms with Crippen molar-refractivity contribution in [2.24, 2.45) is 5.92 Å². The molecule has 1 saturated heterocycles. The number of fused-ring (bicyclic) bond motifs is 3. The molecule has 10 heteroatoms. The van der Waals surface area contributed by atoms with Crippen molar-refractivity contribution < 1.29 is 28.4 Å². The Bertz CT molecular complexity index is 1530. The summed E-state index contributed by atoms with van der Waals surface area (Å²) in [7, 11) is 1.04. The maximum Gasteiger partial charge on any atom is 0.494 e. The Labute approximate surface area is 265 Å². The first-order valence-corrected chi connectivity index (χ1v) is 15.4. The third kappa shape index (κ3) is 6.35. The minimum absolute atomic E-state index is 0.247. The number of benzene rings is 3. The van der Waals surface area contributed by atoms with Crippen molar-refractivity contribution in [3.8, 4) is 11.1 Å². The molecule has 5 rings (SSSR count). The van der Waals surface area contributed by atoms with Gasteiger partial charge < -0.3 is 24.7 Å². The van der Waals surface area contributed by atoms with Crippen LogP contribution in [0.15, 0.2) is 72.8 Å². The molecule has 236 valence electrons. The van der Waals surface area contributed by atoms with E-state index in [-0.39, 0.29) is 5.92 Å². The first kappa shape index (κ1) is 32.3. The summed E-state index contributed by atoms with van der Waals surface area (Å²) in [5.41, 5.74) is 4.35. The van der Waals surface area contributed by atoms with Crippen molar-refractivity contribution >= 4 is 36.2 Å². The fraction of sp³-hybridized carbons (Fsp3) is 0.400. The monoisotopic (exact) mass is 611 g/mol. The molecule has 2 unspecified atom stereocenters. The van der Waals surface area contributed by atoms with Crippen LogP contribution in [0.1, 0.15) is 65.7 Å². The van der Waals surface area contributed by atoms with Crippen LogP contribution < -0.4 is 16.1 Å². The molecule has 0 radical (unpaired) electrons. The van der Waals surface area contributed by atoms with Crippen LogP contribution in [0.25, 0.3) is 11.1 Å². The molecule has 3 aromatic rings. The lowest BCUT2D eigenvalue weighted by Gasteiger charge is -2.32. The molecule has 2 N–H and O–H groups in total. The lowest BCUT2D eigenvalue weighted by Crippen LogP contribution is -2.54. The van der Waals surface area contributed by atoms with E-state index in [1.54, 1.807) is 26.1 Å². The molecule has 45 heavy (non-hydrogen) atoms. The first-order valence-electron chi connectivity index (χ1n) is 15.4. The molecule has 3 aromatic carbocycles. The minimum atomic E-state index is -0.862. The van der Waals surface area contributed by atoms with Gasteiger partial charge in [-0.05, 0) is 69.3 Å². The van der Waals surface area contributed by atoms with Crippen molar-refractivity contribution in [2.75, 3.05) is 12.4 Å². The summed E-state index contributed by atoms with van der Waals surface area (Å²) in [4.78, 5) is 41.3. The minimum Gasteiger partial charge on any atom is -0.436 e. The summed E-state index contributed by atoms with van der Waals surface area (Å²) in [5, 5.41) is 5.62. The average molecular weight is 612 g/mol. The predicted octanol–water partition coefficient (Wildman–Crippen LogP) is 5.29. The summed E-state index contributed by atoms with van der Waals surface area (Å²) < 4.78 is 18.2. The second-order valence-electron chi connectivity index (χ2n) is 13.2. The van der Waals surface area contributed by atoms with Gasteiger partial charge in [0.15, 0.2) is 6.10 Å². The number of nitrogens with one attached hydrogen (secondary N) is 2. The van der Waals surface area contributed by atoms with Crippen LogP contribution in [0.2, 0.25) is 0 Å². The quantitative estimate of drug-likeness (QED) is 0.336. The van der Waals surface area contributed by atoms with Gasteiger partial charge in [0, 0.05) is 23.9 Å². The van der Waals surface area contributed by atoms with Gasteiger partial charge >= 0.3 is 13.2 Å². The van der Waals surface area contributed by atoms with Gasteiger partial charge in [0.2, 0.25) is 11.8 Å². The highest BCUT2D eigenvalue weighted by atomic mass is 16.7. The molecule has 1 fully saturated rings. The van der Waals surface area contributed by atoms with E-state index in [1.165, 1.54) is 4.90 Å². The molecule has 1 heterocycles. The van der Waals surface area contributed by atoms with Crippen LogP contribution in [0, 0.1) is 5.92 Å². The zero-order valence-electron chi connectivity index (χ0n) is 27.2. The highest BCUT2D eigenvalue weighted by Gasteiger charge is 2.51. The van der Waals surface area contributed by atoms with Crippen LogP contribution in [-0.2, 0) is 23.6 Å². The van der Waals surface area contributed by atoms with Crippen LogP contribution in [0.4, 0.5) is 10.5 Å². The van der Waals surface area contributed by atoms with Gasteiger partial charge in [-0.3, -0.25) is 14.5 Å². The SMILES string of the molecule is CC(NC(=O)C(C(C)C)N(C)C(=O)OC1c2ccccc2-c2ccccc21)C(=O)Nc1ccc(B2OC(C)(C)C(C)(C)O2)cc1. The Balaban J connectivity index is 1.20. The zero-order valence-corrected chi connectivity index (χ0v) is 27.2. The van der Waals surface area contributed by atoms with E-state index in [0.29, 0.717) is 5.69 Å². The standard InChI is InChI=1S/C35H42BN3O6/c1-21(2)29(39(8)33(42)43-30-27-15-11-9-13-25(27)26-14-10-12-16-28(26)30)32(41)37-22(3)31(40)38-24-19-17-23(18-20-24)36-44-34(4,5)35(6,7)45-36/h9-22,29-30H,1-8H3,(H,37,41)(H,38,40). The van der Waals surface area contributed by atoms with E-state index in [1.807, 2.05) is 102 Å². The number of likely N-dealkylation sites (N-methyl/N-ethyl adjacent to an activating group) is 1. The van der Waals surface area contributed by atoms with E-state index >= 15 is 0 Å². The molecule has 1 aliphatic heterocycles. The average Bonchev–Trinajstić information content (AvgIpc) is 3.41. The molecule has 1 aliphatic carbocycles. The second-order valence-corrected chi connectivity index (χ2v) is 13.2. The zero-order chi connectivity index (χ0) is 32.7. The number of hydrogen-bond donors (Lipinski definition) is 2. The smallest absolute Gasteiger partial charge is 0.436 e. The lowest BCUT2D eigenvalue weighted by molar-refractivity contribution is -0.130. The van der Waals surface area contributed by atoms with Gasteiger partial charge in [0.05, 0.1) is 11.2 Å². The van der Waals surface area contributed by atoms with E-state index in [2.05, 4.69) is 10.6 Å². The fourth-order valence-electron chi connectivity index (χ4n) is 5.78. The molecule has 0 saturated carbocycles. The van der Waals surface area contributed by atoms with Crippen molar-refractivity contribution in [1.82, 2.24) is 10.2 Å². The van der Waals surface area contributed by atoms with Gasteiger partial charge in [0.1, 0.15) is 12.1 Å². The maximum atomic E-state index is 13.5. The Hall–Kier alpha value is -4.15. The van der Waals surface area contributed by atoms with E-state index in [0.717, 1.165) is 27.7 Å². The summed E-state index contributed by atoms with van der Waals surface area (Å²) in [6.45, 7) is 13.3. The van der Waals surface area contributed by atoms with Crippen LogP contribution in [0.5, 0.6) is 0 Å². The van der Waals surface area contributed by atoms with Crippen LogP contribution in [0.3, 0.4) is 0 Å². The topological polar surface area (TPSA) is 106 Å². The van der Waals surface area contributed by atoms with E-state index in [4.69, 9.17) is 14.0 Å². The normalized spacial score (nSPS) is 17.7. The van der Waals surface area contributed by atoms with Crippen molar-refractivity contribution in [3.63, 3.8) is 0 Å². The largest absolute Gasteiger partial charge is 0.494 e. The predicted molar refractivity (Wildman–Crippen MR) is 175 cm³/mol. The van der Waals surface area contributed by atoms with Gasteiger partial charge in [-0.15, -0.1) is 0 Å². The maximum absolute atomic E-state index is 13.5. The number of amides is 3. The third-order valence-corrected chi connectivity index (χ3v) is 9.06. The fourth-order valence-corrected chi connectivity index (χ4v) is 5.78. The van der Waals surface area contributed by atoms with Crippen LogP contribution in [-0.4, -0.2) is 60.3 Å². The van der Waals surface area contributed by atoms with Gasteiger partial charge in [-0.1, -0.05) is 74.5 Å². The lowest BCUT2D eigenvalue weighted by atomic mass is 9.79. The van der Waals surface area contributed by atoms with Gasteiger partial charge in [0.25, 0.3) is 0 Å². The number of nitrogens with zero attached hydrogens (tertiary/aromatic N) is 1. The molecule has 3 amide bonds. The van der Waals surface area contributed by atoms with Crippen LogP contribution >= 0.6 is 0 Å².